The van der Waals surface area contributed by atoms with Crippen LogP contribution in [0.2, 0.25) is 0 Å². The molecular weight excluding hydrogens is 358 g/mol. The van der Waals surface area contributed by atoms with Crippen molar-refractivity contribution in [3.05, 3.63) is 78.1 Å². The number of anilines is 1. The molecular formula is C20H15N5O3. The predicted molar refractivity (Wildman–Crippen MR) is 103 cm³/mol. The molecule has 28 heavy (non-hydrogen) atoms. The first-order valence-electron chi connectivity index (χ1n) is 8.62. The number of nitrogens with one attached hydrogen (secondary N) is 2. The van der Waals surface area contributed by atoms with Crippen molar-refractivity contribution in [3.8, 4) is 5.75 Å². The first-order valence-corrected chi connectivity index (χ1v) is 8.62. The highest BCUT2D eigenvalue weighted by molar-refractivity contribution is 6.16. The highest BCUT2D eigenvalue weighted by Crippen LogP contribution is 2.45. The minimum atomic E-state index is -0.628. The van der Waals surface area contributed by atoms with Crippen LogP contribution in [0.25, 0.3) is 16.6 Å². The predicted octanol–water partition coefficient (Wildman–Crippen LogP) is 3.05. The molecule has 0 fully saturated rings. The van der Waals surface area contributed by atoms with Gasteiger partial charge in [0.1, 0.15) is 11.8 Å². The van der Waals surface area contributed by atoms with Crippen molar-refractivity contribution < 1.29 is 15.0 Å². The van der Waals surface area contributed by atoms with Crippen molar-refractivity contribution in [2.75, 3.05) is 4.90 Å². The number of hydrogen-bond acceptors (Lipinski definition) is 5. The Kier molecular flexibility index (Phi) is 3.45. The van der Waals surface area contributed by atoms with Crippen LogP contribution in [0.4, 0.5) is 5.69 Å². The zero-order chi connectivity index (χ0) is 19.3. The van der Waals surface area contributed by atoms with Gasteiger partial charge in [-0.3, -0.25) is 14.8 Å². The number of carbonyl (C=O) groups is 1. The molecule has 1 unspecified atom stereocenters. The maximum atomic E-state index is 13.0. The summed E-state index contributed by atoms with van der Waals surface area (Å²) in [6, 6.07) is 13.0. The summed E-state index contributed by atoms with van der Waals surface area (Å²) in [5.74, 6) is -0.849. The van der Waals surface area contributed by atoms with Crippen molar-refractivity contribution in [3.63, 3.8) is 0 Å². The molecule has 1 amide bonds. The quantitative estimate of drug-likeness (QED) is 0.440. The van der Waals surface area contributed by atoms with Gasteiger partial charge >= 0.3 is 0 Å². The summed E-state index contributed by atoms with van der Waals surface area (Å²) in [6.45, 7) is 0. The van der Waals surface area contributed by atoms with Gasteiger partial charge in [-0.05, 0) is 42.0 Å². The second kappa shape index (κ2) is 5.98. The third-order valence-electron chi connectivity index (χ3n) is 4.86. The maximum absolute atomic E-state index is 13.0. The van der Waals surface area contributed by atoms with Crippen LogP contribution in [0.15, 0.2) is 66.8 Å². The summed E-state index contributed by atoms with van der Waals surface area (Å²) in [6.07, 6.45) is 3.17. The number of H-pyrrole nitrogens is 2. The monoisotopic (exact) mass is 373 g/mol. The average molecular weight is 373 g/mol. The fraction of sp³-hybridized carbons (Fsp3) is 0.0500. The number of imidazole rings is 1. The van der Waals surface area contributed by atoms with Crippen LogP contribution < -0.4 is 4.90 Å². The summed E-state index contributed by atoms with van der Waals surface area (Å²) in [7, 11) is 0. The van der Waals surface area contributed by atoms with Crippen molar-refractivity contribution in [2.45, 2.75) is 6.04 Å². The molecule has 1 aliphatic rings. The van der Waals surface area contributed by atoms with E-state index in [4.69, 9.17) is 0 Å². The molecule has 0 spiro atoms. The molecule has 1 aliphatic heterocycles. The van der Waals surface area contributed by atoms with Gasteiger partial charge in [0, 0.05) is 17.5 Å². The Morgan fingerprint density at radius 2 is 1.96 bits per heavy atom. The van der Waals surface area contributed by atoms with Crippen molar-refractivity contribution >= 4 is 28.2 Å². The number of aliphatic hydroxyl groups excluding tert-OH is 1. The molecule has 8 nitrogen and oxygen atoms in total. The van der Waals surface area contributed by atoms with Crippen LogP contribution in [0, 0.1) is 0 Å². The normalized spacial score (nSPS) is 17.1. The number of nitrogens with zero attached hydrogens (tertiary/aromatic N) is 3. The molecule has 0 saturated heterocycles. The van der Waals surface area contributed by atoms with E-state index in [0.717, 1.165) is 11.0 Å². The molecule has 3 heterocycles. The van der Waals surface area contributed by atoms with E-state index in [-0.39, 0.29) is 11.5 Å². The first kappa shape index (κ1) is 16.1. The molecule has 1 atom stereocenters. The van der Waals surface area contributed by atoms with Gasteiger partial charge in [0.25, 0.3) is 5.91 Å². The molecule has 2 aromatic carbocycles. The second-order valence-corrected chi connectivity index (χ2v) is 6.51. The minimum absolute atomic E-state index is 0.0472. The average Bonchev–Trinajstić information content (AvgIpc) is 3.42. The van der Waals surface area contributed by atoms with Crippen molar-refractivity contribution in [1.82, 2.24) is 20.2 Å². The lowest BCUT2D eigenvalue weighted by molar-refractivity contribution is -0.117. The number of aromatic hydroxyl groups is 1. The lowest BCUT2D eigenvalue weighted by atomic mass is 9.96. The Balaban J connectivity index is 1.70. The van der Waals surface area contributed by atoms with Gasteiger partial charge in [-0.25, -0.2) is 4.98 Å². The highest BCUT2D eigenvalue weighted by Gasteiger charge is 2.42. The zero-order valence-electron chi connectivity index (χ0n) is 14.5. The van der Waals surface area contributed by atoms with E-state index in [1.54, 1.807) is 36.8 Å². The van der Waals surface area contributed by atoms with Gasteiger partial charge < -0.3 is 15.2 Å². The van der Waals surface area contributed by atoms with Gasteiger partial charge in [0.05, 0.1) is 23.1 Å². The molecule has 4 aromatic rings. The number of hydrogen-bond donors (Lipinski definition) is 4. The van der Waals surface area contributed by atoms with Gasteiger partial charge in [0.15, 0.2) is 5.76 Å². The smallest absolute Gasteiger partial charge is 0.294 e. The van der Waals surface area contributed by atoms with Crippen LogP contribution in [-0.2, 0) is 4.79 Å². The summed E-state index contributed by atoms with van der Waals surface area (Å²) in [5.41, 5.74) is 3.74. The summed E-state index contributed by atoms with van der Waals surface area (Å²) in [5, 5.41) is 27.5. The summed E-state index contributed by atoms with van der Waals surface area (Å²) >= 11 is 0. The maximum Gasteiger partial charge on any atom is 0.294 e. The van der Waals surface area contributed by atoms with E-state index < -0.39 is 11.9 Å². The molecule has 5 rings (SSSR count). The molecule has 0 bridgehead atoms. The third-order valence-corrected chi connectivity index (χ3v) is 4.86. The Labute approximate surface area is 158 Å². The van der Waals surface area contributed by atoms with Crippen LogP contribution in [-0.4, -0.2) is 36.3 Å². The topological polar surface area (TPSA) is 118 Å². The third kappa shape index (κ3) is 2.35. The summed E-state index contributed by atoms with van der Waals surface area (Å²) < 4.78 is 0. The number of fused-ring (bicyclic) bond motifs is 1. The molecule has 0 aliphatic carbocycles. The van der Waals surface area contributed by atoms with Crippen molar-refractivity contribution in [2.24, 2.45) is 0 Å². The van der Waals surface area contributed by atoms with Crippen LogP contribution in [0.5, 0.6) is 5.75 Å². The second-order valence-electron chi connectivity index (χ2n) is 6.51. The lowest BCUT2D eigenvalue weighted by Gasteiger charge is -2.26. The van der Waals surface area contributed by atoms with E-state index in [0.29, 0.717) is 22.5 Å². The number of aromatic amines is 2. The number of amides is 1. The number of carbonyl (C=O) groups excluding carboxylic acids is 1. The number of aromatic nitrogens is 4. The van der Waals surface area contributed by atoms with Gasteiger partial charge in [-0.15, -0.1) is 0 Å². The SMILES string of the molecule is O=C1C(O)=C(c2cccc(O)c2)C(c2ccn[nH]2)N1c1ccc2nc[nH]c2c1. The Morgan fingerprint density at radius 1 is 1.07 bits per heavy atom. The first-order chi connectivity index (χ1) is 13.6. The largest absolute Gasteiger partial charge is 0.508 e. The lowest BCUT2D eigenvalue weighted by Crippen LogP contribution is -2.30. The molecule has 138 valence electrons. The minimum Gasteiger partial charge on any atom is -0.508 e. The number of aliphatic hydroxyl groups is 1. The molecule has 0 saturated carbocycles. The molecule has 8 heteroatoms. The fourth-order valence-electron chi connectivity index (χ4n) is 3.63. The molecule has 4 N–H and O–H groups in total. The standard InChI is InChI=1S/C20H15N5O3/c26-13-3-1-2-11(8-13)17-18(15-6-7-23-24-15)25(20(28)19(17)27)12-4-5-14-16(9-12)22-10-21-14/h1-10,18,26-27H,(H,21,22)(H,23,24). The van der Waals surface area contributed by atoms with Crippen LogP contribution in [0.1, 0.15) is 17.3 Å². The van der Waals surface area contributed by atoms with E-state index >= 15 is 0 Å². The van der Waals surface area contributed by atoms with E-state index in [9.17, 15) is 15.0 Å². The number of rotatable bonds is 3. The Bertz CT molecular complexity index is 1230. The summed E-state index contributed by atoms with van der Waals surface area (Å²) in [4.78, 5) is 21.8. The molecule has 2 aromatic heterocycles. The van der Waals surface area contributed by atoms with E-state index in [1.807, 2.05) is 12.1 Å². The number of benzene rings is 2. The number of phenolic OH excluding ortho intramolecular Hbond substituents is 1. The number of phenols is 1. The molecule has 0 radical (unpaired) electrons. The van der Waals surface area contributed by atoms with E-state index in [2.05, 4.69) is 20.2 Å². The van der Waals surface area contributed by atoms with Crippen molar-refractivity contribution in [1.29, 1.82) is 0 Å². The Morgan fingerprint density at radius 3 is 2.75 bits per heavy atom. The van der Waals surface area contributed by atoms with E-state index in [1.165, 1.54) is 17.0 Å². The Hall–Kier alpha value is -4.07. The van der Waals surface area contributed by atoms with Gasteiger partial charge in [-0.1, -0.05) is 12.1 Å². The van der Waals surface area contributed by atoms with Gasteiger partial charge in [0.2, 0.25) is 0 Å². The van der Waals surface area contributed by atoms with Crippen LogP contribution in [0.3, 0.4) is 0 Å². The van der Waals surface area contributed by atoms with Gasteiger partial charge in [-0.2, -0.15) is 5.10 Å². The highest BCUT2D eigenvalue weighted by atomic mass is 16.3. The fourth-order valence-corrected chi connectivity index (χ4v) is 3.63. The zero-order valence-corrected chi connectivity index (χ0v) is 14.5. The van der Waals surface area contributed by atoms with Crippen LogP contribution >= 0.6 is 0 Å².